The third-order valence-electron chi connectivity index (χ3n) is 2.71. The molecule has 5 nitrogen and oxygen atoms in total. The van der Waals surface area contributed by atoms with Gasteiger partial charge in [-0.15, -0.1) is 0 Å². The van der Waals surface area contributed by atoms with Crippen molar-refractivity contribution in [3.05, 3.63) is 42.0 Å². The molecule has 0 fully saturated rings. The molecular formula is C13H19N5. The van der Waals surface area contributed by atoms with E-state index in [0.717, 1.165) is 12.4 Å². The Morgan fingerprint density at radius 2 is 1.89 bits per heavy atom. The van der Waals surface area contributed by atoms with Crippen molar-refractivity contribution in [1.82, 2.24) is 20.1 Å². The molecule has 0 amide bonds. The van der Waals surface area contributed by atoms with Gasteiger partial charge in [0.15, 0.2) is 5.82 Å². The van der Waals surface area contributed by atoms with Gasteiger partial charge in [0.05, 0.1) is 6.54 Å². The highest BCUT2D eigenvalue weighted by atomic mass is 15.3. The van der Waals surface area contributed by atoms with Crippen LogP contribution < -0.4 is 10.2 Å². The number of nitrogens with zero attached hydrogens (tertiary/aromatic N) is 4. The SMILES string of the molecule is CN(C)c1ccc(CNCc2ncn(C)n2)cc1. The fraction of sp³-hybridized carbons (Fsp3) is 0.385. The van der Waals surface area contributed by atoms with E-state index in [2.05, 4.69) is 44.6 Å². The standard InChI is InChI=1S/C13H19N5/c1-17(2)12-6-4-11(5-7-12)8-14-9-13-15-10-18(3)16-13/h4-7,10,14H,8-9H2,1-3H3. The summed E-state index contributed by atoms with van der Waals surface area (Å²) < 4.78 is 1.71. The smallest absolute Gasteiger partial charge is 0.164 e. The van der Waals surface area contributed by atoms with Gasteiger partial charge in [-0.1, -0.05) is 12.1 Å². The number of hydrogen-bond donors (Lipinski definition) is 1. The van der Waals surface area contributed by atoms with Crippen LogP contribution in [0.3, 0.4) is 0 Å². The van der Waals surface area contributed by atoms with Crippen LogP contribution in [-0.4, -0.2) is 28.9 Å². The minimum absolute atomic E-state index is 0.691. The highest BCUT2D eigenvalue weighted by Crippen LogP contribution is 2.11. The van der Waals surface area contributed by atoms with Gasteiger partial charge in [-0.05, 0) is 17.7 Å². The van der Waals surface area contributed by atoms with Crippen molar-refractivity contribution in [2.24, 2.45) is 7.05 Å². The van der Waals surface area contributed by atoms with E-state index in [1.54, 1.807) is 11.0 Å². The average Bonchev–Trinajstić information content (AvgIpc) is 2.76. The van der Waals surface area contributed by atoms with Gasteiger partial charge in [-0.3, -0.25) is 4.68 Å². The van der Waals surface area contributed by atoms with Crippen LogP contribution in [0.1, 0.15) is 11.4 Å². The van der Waals surface area contributed by atoms with Crippen molar-refractivity contribution in [1.29, 1.82) is 0 Å². The molecule has 0 aliphatic heterocycles. The van der Waals surface area contributed by atoms with Crippen molar-refractivity contribution >= 4 is 5.69 Å². The molecule has 1 heterocycles. The van der Waals surface area contributed by atoms with Gasteiger partial charge >= 0.3 is 0 Å². The molecule has 2 rings (SSSR count). The number of anilines is 1. The topological polar surface area (TPSA) is 46.0 Å². The summed E-state index contributed by atoms with van der Waals surface area (Å²) in [5.74, 6) is 0.822. The van der Waals surface area contributed by atoms with Crippen molar-refractivity contribution in [2.75, 3.05) is 19.0 Å². The van der Waals surface area contributed by atoms with E-state index >= 15 is 0 Å². The molecule has 96 valence electrons. The molecule has 5 heteroatoms. The van der Waals surface area contributed by atoms with Gasteiger partial charge in [0, 0.05) is 33.4 Å². The fourth-order valence-electron chi connectivity index (χ4n) is 1.70. The van der Waals surface area contributed by atoms with Crippen LogP contribution in [-0.2, 0) is 20.1 Å². The number of aromatic nitrogens is 3. The molecule has 0 bridgehead atoms. The summed E-state index contributed by atoms with van der Waals surface area (Å²) in [4.78, 5) is 6.26. The summed E-state index contributed by atoms with van der Waals surface area (Å²) in [6, 6.07) is 8.51. The van der Waals surface area contributed by atoms with Gasteiger partial charge < -0.3 is 10.2 Å². The minimum Gasteiger partial charge on any atom is -0.378 e. The van der Waals surface area contributed by atoms with Crippen LogP contribution >= 0.6 is 0 Å². The molecular weight excluding hydrogens is 226 g/mol. The first-order chi connectivity index (χ1) is 8.65. The summed E-state index contributed by atoms with van der Waals surface area (Å²) in [5, 5.41) is 7.54. The molecule has 0 atom stereocenters. The highest BCUT2D eigenvalue weighted by Gasteiger charge is 1.99. The zero-order valence-corrected chi connectivity index (χ0v) is 11.1. The summed E-state index contributed by atoms with van der Waals surface area (Å²) in [5.41, 5.74) is 2.47. The zero-order valence-electron chi connectivity index (χ0n) is 11.1. The second-order valence-electron chi connectivity index (χ2n) is 4.50. The largest absolute Gasteiger partial charge is 0.378 e. The van der Waals surface area contributed by atoms with Crippen molar-refractivity contribution in [3.8, 4) is 0 Å². The van der Waals surface area contributed by atoms with Gasteiger partial charge in [0.2, 0.25) is 0 Å². The van der Waals surface area contributed by atoms with E-state index in [0.29, 0.717) is 6.54 Å². The molecule has 0 saturated heterocycles. The van der Waals surface area contributed by atoms with E-state index < -0.39 is 0 Å². The lowest BCUT2D eigenvalue weighted by Gasteiger charge is -2.12. The Balaban J connectivity index is 1.83. The Bertz CT molecular complexity index is 486. The second kappa shape index (κ2) is 5.64. The van der Waals surface area contributed by atoms with E-state index in [-0.39, 0.29) is 0 Å². The van der Waals surface area contributed by atoms with Crippen LogP contribution in [0.15, 0.2) is 30.6 Å². The first kappa shape index (κ1) is 12.6. The van der Waals surface area contributed by atoms with Crippen LogP contribution in [0.2, 0.25) is 0 Å². The van der Waals surface area contributed by atoms with Gasteiger partial charge in [0.25, 0.3) is 0 Å². The van der Waals surface area contributed by atoms with Crippen LogP contribution in [0.5, 0.6) is 0 Å². The molecule has 0 radical (unpaired) electrons. The molecule has 1 N–H and O–H groups in total. The summed E-state index contributed by atoms with van der Waals surface area (Å²) in [6.45, 7) is 1.52. The van der Waals surface area contributed by atoms with E-state index in [4.69, 9.17) is 0 Å². The predicted molar refractivity (Wildman–Crippen MR) is 72.3 cm³/mol. The monoisotopic (exact) mass is 245 g/mol. The fourth-order valence-corrected chi connectivity index (χ4v) is 1.70. The predicted octanol–water partition coefficient (Wildman–Crippen LogP) is 1.17. The maximum atomic E-state index is 4.22. The van der Waals surface area contributed by atoms with E-state index in [1.165, 1.54) is 11.3 Å². The number of aryl methyl sites for hydroxylation is 1. The van der Waals surface area contributed by atoms with Gasteiger partial charge in [-0.2, -0.15) is 5.10 Å². The first-order valence-electron chi connectivity index (χ1n) is 5.96. The molecule has 0 spiro atoms. The van der Waals surface area contributed by atoms with Crippen LogP contribution in [0.25, 0.3) is 0 Å². The number of hydrogen-bond acceptors (Lipinski definition) is 4. The van der Waals surface area contributed by atoms with E-state index in [9.17, 15) is 0 Å². The zero-order chi connectivity index (χ0) is 13.0. The quantitative estimate of drug-likeness (QED) is 0.859. The van der Waals surface area contributed by atoms with Crippen LogP contribution in [0, 0.1) is 0 Å². The molecule has 18 heavy (non-hydrogen) atoms. The Hall–Kier alpha value is -1.88. The highest BCUT2D eigenvalue weighted by molar-refractivity contribution is 5.45. The van der Waals surface area contributed by atoms with Crippen LogP contribution in [0.4, 0.5) is 5.69 Å². The summed E-state index contributed by atoms with van der Waals surface area (Å²) >= 11 is 0. The number of benzene rings is 1. The van der Waals surface area contributed by atoms with E-state index in [1.807, 2.05) is 21.1 Å². The maximum Gasteiger partial charge on any atom is 0.164 e. The number of nitrogens with one attached hydrogen (secondary N) is 1. The van der Waals surface area contributed by atoms with Gasteiger partial charge in [-0.25, -0.2) is 4.98 Å². The third-order valence-corrected chi connectivity index (χ3v) is 2.71. The number of rotatable bonds is 5. The normalized spacial score (nSPS) is 10.6. The van der Waals surface area contributed by atoms with Crippen molar-refractivity contribution in [2.45, 2.75) is 13.1 Å². The molecule has 1 aromatic heterocycles. The molecule has 2 aromatic rings. The van der Waals surface area contributed by atoms with Crippen molar-refractivity contribution in [3.63, 3.8) is 0 Å². The average molecular weight is 245 g/mol. The lowest BCUT2D eigenvalue weighted by Crippen LogP contribution is -2.14. The molecule has 1 aromatic carbocycles. The lowest BCUT2D eigenvalue weighted by atomic mass is 10.2. The Labute approximate surface area is 107 Å². The first-order valence-corrected chi connectivity index (χ1v) is 5.96. The minimum atomic E-state index is 0.691. The Kier molecular flexibility index (Phi) is 3.94. The van der Waals surface area contributed by atoms with Gasteiger partial charge in [0.1, 0.15) is 6.33 Å². The molecule has 0 aliphatic rings. The Morgan fingerprint density at radius 3 is 2.44 bits per heavy atom. The Morgan fingerprint density at radius 1 is 1.17 bits per heavy atom. The summed E-state index contributed by atoms with van der Waals surface area (Å²) in [7, 11) is 5.95. The second-order valence-corrected chi connectivity index (χ2v) is 4.50. The maximum absolute atomic E-state index is 4.22. The third kappa shape index (κ3) is 3.30. The molecule has 0 aliphatic carbocycles. The van der Waals surface area contributed by atoms with Crippen molar-refractivity contribution < 1.29 is 0 Å². The molecule has 0 saturated carbocycles. The lowest BCUT2D eigenvalue weighted by molar-refractivity contribution is 0.649. The molecule has 0 unspecified atom stereocenters. The summed E-state index contributed by atoms with van der Waals surface area (Å²) in [6.07, 6.45) is 1.71.